The normalized spacial score (nSPS) is 26.3. The fraction of sp³-hybridized carbons (Fsp3) is 0.463. The Bertz CT molecular complexity index is 1760. The lowest BCUT2D eigenvalue weighted by molar-refractivity contribution is 0.113. The molecule has 282 valence electrons. The number of halogens is 1. The number of aromatic hydroxyl groups is 2. The zero-order valence-electron chi connectivity index (χ0n) is 30.0. The summed E-state index contributed by atoms with van der Waals surface area (Å²) in [5.74, 6) is 3.88. The summed E-state index contributed by atoms with van der Waals surface area (Å²) in [6, 6.07) is 18.9. The van der Waals surface area contributed by atoms with Gasteiger partial charge in [0.05, 0.1) is 43.5 Å². The van der Waals surface area contributed by atoms with Crippen LogP contribution >= 0.6 is 0 Å². The van der Waals surface area contributed by atoms with Crippen LogP contribution in [-0.4, -0.2) is 98.8 Å². The Balaban J connectivity index is 0.000000164. The predicted octanol–water partition coefficient (Wildman–Crippen LogP) is 5.37. The van der Waals surface area contributed by atoms with Gasteiger partial charge in [0.15, 0.2) is 11.6 Å². The molecule has 0 amide bonds. The van der Waals surface area contributed by atoms with Crippen LogP contribution in [0.4, 0.5) is 4.39 Å². The van der Waals surface area contributed by atoms with E-state index < -0.39 is 23.8 Å². The molecule has 2 aromatic heterocycles. The molecule has 0 bridgehead atoms. The number of phenolic OH excluding ortho intramolecular Hbond substituents is 1. The van der Waals surface area contributed by atoms with Gasteiger partial charge in [-0.25, -0.2) is 4.39 Å². The van der Waals surface area contributed by atoms with E-state index in [1.807, 2.05) is 36.4 Å². The van der Waals surface area contributed by atoms with Crippen molar-refractivity contribution in [1.29, 1.82) is 0 Å². The quantitative estimate of drug-likeness (QED) is 0.159. The monoisotopic (exact) mass is 728 g/mol. The van der Waals surface area contributed by atoms with Crippen molar-refractivity contribution >= 4 is 0 Å². The van der Waals surface area contributed by atoms with Gasteiger partial charge in [-0.15, -0.1) is 0 Å². The van der Waals surface area contributed by atoms with Crippen molar-refractivity contribution in [3.63, 3.8) is 0 Å². The molecule has 4 heterocycles. The van der Waals surface area contributed by atoms with E-state index >= 15 is 0 Å². The Morgan fingerprint density at radius 1 is 0.717 bits per heavy atom. The lowest BCUT2D eigenvalue weighted by Crippen LogP contribution is -2.29. The summed E-state index contributed by atoms with van der Waals surface area (Å²) >= 11 is 0. The maximum atomic E-state index is 13.5. The minimum absolute atomic E-state index is 0.115. The number of phenols is 1. The number of hydrogen-bond donors (Lipinski definition) is 4. The number of fused-ring (bicyclic) bond motifs is 2. The molecule has 2 saturated carbocycles. The predicted molar refractivity (Wildman–Crippen MR) is 195 cm³/mol. The van der Waals surface area contributed by atoms with Gasteiger partial charge < -0.3 is 34.6 Å². The van der Waals surface area contributed by atoms with Crippen LogP contribution in [0.3, 0.4) is 0 Å². The second-order valence-corrected chi connectivity index (χ2v) is 15.0. The van der Waals surface area contributed by atoms with Gasteiger partial charge in [0.25, 0.3) is 0 Å². The van der Waals surface area contributed by atoms with E-state index in [2.05, 4.69) is 19.8 Å². The molecule has 11 nitrogen and oxygen atoms in total. The second kappa shape index (κ2) is 16.7. The van der Waals surface area contributed by atoms with Crippen LogP contribution in [0, 0.1) is 29.5 Å². The third-order valence-corrected chi connectivity index (χ3v) is 11.2. The molecule has 53 heavy (non-hydrogen) atoms. The first-order valence-corrected chi connectivity index (χ1v) is 18.5. The van der Waals surface area contributed by atoms with Gasteiger partial charge in [-0.2, -0.15) is 0 Å². The fourth-order valence-corrected chi connectivity index (χ4v) is 8.66. The van der Waals surface area contributed by atoms with Gasteiger partial charge in [-0.3, -0.25) is 19.8 Å². The summed E-state index contributed by atoms with van der Waals surface area (Å²) in [5, 5.41) is 39.4. The molecule has 2 aliphatic carbocycles. The van der Waals surface area contributed by atoms with Crippen LogP contribution in [0.5, 0.6) is 28.7 Å². The van der Waals surface area contributed by atoms with Gasteiger partial charge in [0, 0.05) is 51.5 Å². The highest BCUT2D eigenvalue weighted by molar-refractivity contribution is 5.33. The van der Waals surface area contributed by atoms with Gasteiger partial charge in [0.2, 0.25) is 0 Å². The Hall–Kier alpha value is -4.49. The molecule has 2 saturated heterocycles. The number of likely N-dealkylation sites (tertiary alicyclic amines) is 2. The van der Waals surface area contributed by atoms with E-state index in [-0.39, 0.29) is 18.0 Å². The maximum Gasteiger partial charge on any atom is 0.165 e. The molecule has 0 spiro atoms. The molecule has 4 fully saturated rings. The molecule has 4 N–H and O–H groups in total. The SMILES string of the molecule is COc1cccc(OC2C[C@@H]3CN(CC(O)c4ccc(O)cn4)C[C@@H]3C2)c1.Oc1ccc(C(O)CN2C[C@H]3CC(Oc4cccnc4)C[C@H]3C2)cc1F. The molecule has 2 aromatic carbocycles. The van der Waals surface area contributed by atoms with E-state index in [4.69, 9.17) is 14.2 Å². The number of nitrogens with zero attached hydrogens (tertiary/aromatic N) is 4. The average Bonchev–Trinajstić information content (AvgIpc) is 3.91. The Kier molecular flexibility index (Phi) is 11.6. The number of aromatic nitrogens is 2. The van der Waals surface area contributed by atoms with Crippen molar-refractivity contribution in [1.82, 2.24) is 19.8 Å². The highest BCUT2D eigenvalue weighted by Crippen LogP contribution is 2.41. The lowest BCUT2D eigenvalue weighted by atomic mass is 10.0. The van der Waals surface area contributed by atoms with Crippen LogP contribution in [0.15, 0.2) is 85.3 Å². The van der Waals surface area contributed by atoms with Crippen molar-refractivity contribution in [3.05, 3.63) is 102 Å². The van der Waals surface area contributed by atoms with Gasteiger partial charge >= 0.3 is 0 Å². The molecule has 4 aromatic rings. The number of hydrogen-bond acceptors (Lipinski definition) is 11. The van der Waals surface area contributed by atoms with Crippen molar-refractivity contribution in [2.24, 2.45) is 23.7 Å². The number of aliphatic hydroxyl groups is 2. The molecule has 4 aliphatic rings. The first kappa shape index (κ1) is 36.9. The number of rotatable bonds is 11. The maximum absolute atomic E-state index is 13.5. The second-order valence-electron chi connectivity index (χ2n) is 15.0. The first-order chi connectivity index (χ1) is 25.7. The third kappa shape index (κ3) is 9.36. The van der Waals surface area contributed by atoms with E-state index in [0.717, 1.165) is 69.1 Å². The van der Waals surface area contributed by atoms with Gasteiger partial charge in [-0.05, 0) is 103 Å². The Morgan fingerprint density at radius 3 is 1.89 bits per heavy atom. The molecule has 0 radical (unpaired) electrons. The van der Waals surface area contributed by atoms with Crippen molar-refractivity contribution < 1.29 is 39.0 Å². The molecule has 8 atom stereocenters. The van der Waals surface area contributed by atoms with E-state index in [0.29, 0.717) is 48.0 Å². The third-order valence-electron chi connectivity index (χ3n) is 11.2. The van der Waals surface area contributed by atoms with Gasteiger partial charge in [0.1, 0.15) is 29.1 Å². The van der Waals surface area contributed by atoms with Crippen molar-refractivity contribution in [3.8, 4) is 28.7 Å². The Labute approximate surface area is 309 Å². The molecule has 4 unspecified atom stereocenters. The van der Waals surface area contributed by atoms with Crippen LogP contribution in [-0.2, 0) is 0 Å². The lowest BCUT2D eigenvalue weighted by Gasteiger charge is -2.22. The number of pyridine rings is 2. The average molecular weight is 729 g/mol. The molecule has 12 heteroatoms. The van der Waals surface area contributed by atoms with Crippen LogP contribution in [0.2, 0.25) is 0 Å². The topological polar surface area (TPSA) is 141 Å². The summed E-state index contributed by atoms with van der Waals surface area (Å²) in [7, 11) is 1.66. The molecular formula is C41H49FN4O7. The van der Waals surface area contributed by atoms with Crippen molar-refractivity contribution in [2.75, 3.05) is 46.4 Å². The standard InChI is InChI=1S/C21H26N2O4.C20H23FN2O3/c1-26-17-3-2-4-18(9-17)27-19-7-14-11-23(12-15(14)8-19)13-21(25)20-6-5-16(24)10-22-20;21-18-8-13(3-4-19(18)24)20(25)12-23-10-14-6-17(7-15(14)11-23)26-16-2-1-5-22-9-16/h2-6,9-10,14-15,19,21,24-25H,7-8,11-13H2,1H3;1-5,8-9,14-15,17,20,24-25H,6-7,10-12H2/t14-,15+,19?,21?;14-,15+,17?,20?. The van der Waals surface area contributed by atoms with E-state index in [9.17, 15) is 24.8 Å². The van der Waals surface area contributed by atoms with Crippen LogP contribution in [0.25, 0.3) is 0 Å². The zero-order chi connectivity index (χ0) is 36.9. The fourth-order valence-electron chi connectivity index (χ4n) is 8.66. The molecule has 2 aliphatic heterocycles. The zero-order valence-corrected chi connectivity index (χ0v) is 30.0. The molecule has 8 rings (SSSR count). The minimum atomic E-state index is -0.758. The highest BCUT2D eigenvalue weighted by atomic mass is 19.1. The van der Waals surface area contributed by atoms with Crippen molar-refractivity contribution in [2.45, 2.75) is 50.1 Å². The number of methoxy groups -OCH3 is 1. The number of β-amino-alcohol motifs (C(OH)–C–C–N with tert-alkyl or cyclic N) is 2. The molecular weight excluding hydrogens is 679 g/mol. The Morgan fingerprint density at radius 2 is 1.32 bits per heavy atom. The largest absolute Gasteiger partial charge is 0.506 e. The van der Waals surface area contributed by atoms with E-state index in [1.165, 1.54) is 18.3 Å². The number of benzene rings is 2. The first-order valence-electron chi connectivity index (χ1n) is 18.5. The summed E-state index contributed by atoms with van der Waals surface area (Å²) in [4.78, 5) is 12.7. The number of aliphatic hydroxyl groups excluding tert-OH is 2. The van der Waals surface area contributed by atoms with Crippen LogP contribution < -0.4 is 14.2 Å². The summed E-state index contributed by atoms with van der Waals surface area (Å²) in [6.45, 7) is 4.87. The minimum Gasteiger partial charge on any atom is -0.506 e. The highest BCUT2D eigenvalue weighted by Gasteiger charge is 2.43. The summed E-state index contributed by atoms with van der Waals surface area (Å²) < 4.78 is 30.9. The smallest absolute Gasteiger partial charge is 0.165 e. The summed E-state index contributed by atoms with van der Waals surface area (Å²) in [5.41, 5.74) is 1.10. The van der Waals surface area contributed by atoms with Crippen LogP contribution in [0.1, 0.15) is 49.1 Å². The number of ether oxygens (including phenoxy) is 3. The summed E-state index contributed by atoms with van der Waals surface area (Å²) in [6.07, 6.45) is 8.06. The van der Waals surface area contributed by atoms with Gasteiger partial charge in [-0.1, -0.05) is 12.1 Å². The van der Waals surface area contributed by atoms with E-state index in [1.54, 1.807) is 37.7 Å².